The van der Waals surface area contributed by atoms with E-state index in [2.05, 4.69) is 43.3 Å². The maximum absolute atomic E-state index is 13.5. The van der Waals surface area contributed by atoms with E-state index in [4.69, 9.17) is 0 Å². The molecule has 0 amide bonds. The molecule has 0 bridgehead atoms. The van der Waals surface area contributed by atoms with Crippen LogP contribution in [0.3, 0.4) is 0 Å². The van der Waals surface area contributed by atoms with Crippen LogP contribution in [0.5, 0.6) is 0 Å². The number of carbonyl (C=O) groups excluding carboxylic acids is 1. The number of hydrogen-bond donors (Lipinski definition) is 0. The lowest BCUT2D eigenvalue weighted by molar-refractivity contribution is -0.111. The smallest absolute Gasteiger partial charge is 0.283 e. The highest BCUT2D eigenvalue weighted by molar-refractivity contribution is 8.08. The minimum Gasteiger partial charge on any atom is -1.00 e. The Kier molecular flexibility index (Phi) is 7.11. The molecule has 0 N–H and O–H groups in total. The predicted molar refractivity (Wildman–Crippen MR) is 105 cm³/mol. The highest BCUT2D eigenvalue weighted by atomic mass is 79.9. The molecule has 25 heavy (non-hydrogen) atoms. The summed E-state index contributed by atoms with van der Waals surface area (Å²) < 4.78 is 0. The molecule has 0 saturated carbocycles. The van der Waals surface area contributed by atoms with E-state index in [1.54, 1.807) is 0 Å². The second kappa shape index (κ2) is 9.08. The molecule has 0 radical (unpaired) electrons. The molecule has 3 rings (SSSR count). The van der Waals surface area contributed by atoms with Gasteiger partial charge in [-0.2, -0.15) is 0 Å². The summed E-state index contributed by atoms with van der Waals surface area (Å²) in [5, 5.41) is 3.42. The van der Waals surface area contributed by atoms with Crippen LogP contribution in [0.2, 0.25) is 0 Å². The molecule has 0 atom stereocenters. The van der Waals surface area contributed by atoms with Crippen LogP contribution in [0.25, 0.3) is 0 Å². The number of halogens is 1. The largest absolute Gasteiger partial charge is 1.00 e. The summed E-state index contributed by atoms with van der Waals surface area (Å²) in [5.74, 6) is 0. The van der Waals surface area contributed by atoms with Crippen LogP contribution in [-0.2, 0) is 4.79 Å². The van der Waals surface area contributed by atoms with Gasteiger partial charge in [-0.25, -0.2) is 0 Å². The Morgan fingerprint density at radius 1 is 0.680 bits per heavy atom. The fourth-order valence-electron chi connectivity index (χ4n) is 3.22. The quantitative estimate of drug-likeness (QED) is 0.558. The van der Waals surface area contributed by atoms with Crippen molar-refractivity contribution >= 4 is 28.7 Å². The van der Waals surface area contributed by atoms with Gasteiger partial charge in [0.25, 0.3) is 5.52 Å². The molecule has 3 aromatic carbocycles. The zero-order chi connectivity index (χ0) is 16.8. The van der Waals surface area contributed by atoms with Crippen molar-refractivity contribution in [3.63, 3.8) is 0 Å². The topological polar surface area (TPSA) is 17.1 Å². The highest BCUT2D eigenvalue weighted by Gasteiger charge is 2.52. The number of carbonyl (C=O) groups is 1. The van der Waals surface area contributed by atoms with Gasteiger partial charge in [0.1, 0.15) is 15.9 Å². The summed E-state index contributed by atoms with van der Waals surface area (Å²) in [6.45, 7) is 2.08. The van der Waals surface area contributed by atoms with E-state index in [1.807, 2.05) is 54.6 Å². The Bertz CT molecular complexity index is 691. The Morgan fingerprint density at radius 3 is 1.28 bits per heavy atom. The van der Waals surface area contributed by atoms with Gasteiger partial charge < -0.3 is 17.0 Å². The molecule has 0 heterocycles. The SMILES string of the molecule is CCCC(=O)[P+](c1ccccc1)(c1ccccc1)c1ccccc1.[Br-]. The third-order valence-electron chi connectivity index (χ3n) is 4.27. The molecule has 0 spiro atoms. The van der Waals surface area contributed by atoms with Gasteiger partial charge in [0.15, 0.2) is 7.26 Å². The van der Waals surface area contributed by atoms with Crippen molar-refractivity contribution in [2.45, 2.75) is 19.8 Å². The fraction of sp³-hybridized carbons (Fsp3) is 0.136. The molecule has 0 unspecified atom stereocenters. The van der Waals surface area contributed by atoms with Gasteiger partial charge in [-0.3, -0.25) is 4.79 Å². The lowest BCUT2D eigenvalue weighted by atomic mass is 10.3. The molecule has 0 aromatic heterocycles. The van der Waals surface area contributed by atoms with Crippen molar-refractivity contribution < 1.29 is 21.8 Å². The Hall–Kier alpha value is -1.76. The van der Waals surface area contributed by atoms with Gasteiger partial charge in [-0.05, 0) is 42.8 Å². The summed E-state index contributed by atoms with van der Waals surface area (Å²) in [6.07, 6.45) is 1.47. The van der Waals surface area contributed by atoms with E-state index in [1.165, 1.54) is 0 Å². The first-order valence-corrected chi connectivity index (χ1v) is 10.2. The van der Waals surface area contributed by atoms with Crippen molar-refractivity contribution in [3.8, 4) is 0 Å². The van der Waals surface area contributed by atoms with Crippen molar-refractivity contribution in [2.24, 2.45) is 0 Å². The second-order valence-corrected chi connectivity index (χ2v) is 9.21. The van der Waals surface area contributed by atoms with E-state index in [0.717, 1.165) is 22.3 Å². The first kappa shape index (κ1) is 19.6. The maximum Gasteiger partial charge on any atom is 0.283 e. The average Bonchev–Trinajstić information content (AvgIpc) is 2.65. The molecule has 3 heteroatoms. The van der Waals surface area contributed by atoms with E-state index >= 15 is 0 Å². The zero-order valence-electron chi connectivity index (χ0n) is 14.3. The van der Waals surface area contributed by atoms with Gasteiger partial charge in [-0.15, -0.1) is 0 Å². The van der Waals surface area contributed by atoms with Crippen LogP contribution < -0.4 is 32.9 Å². The van der Waals surface area contributed by atoms with Gasteiger partial charge in [-0.1, -0.05) is 61.5 Å². The molecule has 0 aliphatic rings. The third-order valence-corrected chi connectivity index (χ3v) is 8.46. The standard InChI is InChI=1S/C22H22OP.BrH/c1-2-12-22(23)24(19-13-6-3-7-14-19,20-15-8-4-9-16-20)21-17-10-5-11-18-21;/h3-11,13-18H,2,12H2,1H3;1H/q+1;/p-1. The number of rotatable bonds is 6. The van der Waals surface area contributed by atoms with Gasteiger partial charge >= 0.3 is 0 Å². The van der Waals surface area contributed by atoms with E-state index in [-0.39, 0.29) is 17.0 Å². The van der Waals surface area contributed by atoms with Gasteiger partial charge in [0.2, 0.25) is 0 Å². The minimum atomic E-state index is -2.30. The molecule has 0 saturated heterocycles. The average molecular weight is 413 g/mol. The van der Waals surface area contributed by atoms with Crippen LogP contribution in [0.4, 0.5) is 0 Å². The summed E-state index contributed by atoms with van der Waals surface area (Å²) in [6, 6.07) is 30.9. The van der Waals surface area contributed by atoms with E-state index in [0.29, 0.717) is 11.9 Å². The zero-order valence-corrected chi connectivity index (χ0v) is 16.8. The monoisotopic (exact) mass is 412 g/mol. The summed E-state index contributed by atoms with van der Waals surface area (Å²) in [7, 11) is -2.30. The highest BCUT2D eigenvalue weighted by Crippen LogP contribution is 2.57. The van der Waals surface area contributed by atoms with Crippen molar-refractivity contribution in [3.05, 3.63) is 91.0 Å². The van der Waals surface area contributed by atoms with Crippen LogP contribution in [0.15, 0.2) is 91.0 Å². The fourth-order valence-corrected chi connectivity index (χ4v) is 7.39. The molecule has 0 fully saturated rings. The van der Waals surface area contributed by atoms with E-state index in [9.17, 15) is 4.79 Å². The first-order chi connectivity index (χ1) is 11.8. The summed E-state index contributed by atoms with van der Waals surface area (Å²) >= 11 is 0. The van der Waals surface area contributed by atoms with Crippen molar-refractivity contribution in [2.75, 3.05) is 0 Å². The molecular formula is C22H22BrOP. The molecule has 0 aliphatic carbocycles. The third kappa shape index (κ3) is 3.76. The normalized spacial score (nSPS) is 10.8. The minimum absolute atomic E-state index is 0. The van der Waals surface area contributed by atoms with Gasteiger partial charge in [0, 0.05) is 6.42 Å². The van der Waals surface area contributed by atoms with Crippen molar-refractivity contribution in [1.29, 1.82) is 0 Å². The number of benzene rings is 3. The molecule has 0 aliphatic heterocycles. The Labute approximate surface area is 161 Å². The van der Waals surface area contributed by atoms with Crippen LogP contribution in [-0.4, -0.2) is 5.52 Å². The lowest BCUT2D eigenvalue weighted by Crippen LogP contribution is -3.00. The summed E-state index contributed by atoms with van der Waals surface area (Å²) in [5.41, 5.74) is 0.355. The Balaban J connectivity index is 0.00000225. The summed E-state index contributed by atoms with van der Waals surface area (Å²) in [4.78, 5) is 13.5. The second-order valence-electron chi connectivity index (χ2n) is 5.82. The van der Waals surface area contributed by atoms with Crippen LogP contribution >= 0.6 is 7.26 Å². The predicted octanol–water partition coefficient (Wildman–Crippen LogP) is 1.31. The van der Waals surface area contributed by atoms with Crippen molar-refractivity contribution in [1.82, 2.24) is 0 Å². The van der Waals surface area contributed by atoms with Crippen LogP contribution in [0, 0.1) is 0 Å². The first-order valence-electron chi connectivity index (χ1n) is 8.39. The molecule has 128 valence electrons. The van der Waals surface area contributed by atoms with Gasteiger partial charge in [0.05, 0.1) is 0 Å². The van der Waals surface area contributed by atoms with E-state index < -0.39 is 7.26 Å². The van der Waals surface area contributed by atoms with Crippen LogP contribution in [0.1, 0.15) is 19.8 Å². The molecular weight excluding hydrogens is 391 g/mol. The molecule has 3 aromatic rings. The maximum atomic E-state index is 13.5. The molecule has 1 nitrogen and oxygen atoms in total. The Morgan fingerprint density at radius 2 is 1.00 bits per heavy atom. The lowest BCUT2D eigenvalue weighted by Gasteiger charge is -2.25. The number of hydrogen-bond acceptors (Lipinski definition) is 1.